The predicted molar refractivity (Wildman–Crippen MR) is 84.1 cm³/mol. The molecular formula is C17H26N2O2. The molecule has 2 unspecified atom stereocenters. The number of benzene rings is 1. The second kappa shape index (κ2) is 8.15. The van der Waals surface area contributed by atoms with Crippen LogP contribution in [-0.4, -0.2) is 43.7 Å². The van der Waals surface area contributed by atoms with Gasteiger partial charge in [0.2, 0.25) is 0 Å². The van der Waals surface area contributed by atoms with Gasteiger partial charge in [-0.25, -0.2) is 0 Å². The Morgan fingerprint density at radius 2 is 2.14 bits per heavy atom. The van der Waals surface area contributed by atoms with Gasteiger partial charge in [0.25, 0.3) is 0 Å². The topological polar surface area (TPSA) is 55.6 Å². The van der Waals surface area contributed by atoms with Crippen LogP contribution in [0.1, 0.15) is 37.2 Å². The molecule has 2 atom stereocenters. The van der Waals surface area contributed by atoms with Crippen LogP contribution in [0.4, 0.5) is 0 Å². The number of hydrogen-bond donors (Lipinski definition) is 1. The molecule has 0 amide bonds. The van der Waals surface area contributed by atoms with Crippen molar-refractivity contribution in [3.05, 3.63) is 35.9 Å². The van der Waals surface area contributed by atoms with Crippen LogP contribution >= 0.6 is 0 Å². The third kappa shape index (κ3) is 4.29. The normalized spacial score (nSPS) is 21.0. The maximum atomic E-state index is 12.2. The lowest BCUT2D eigenvalue weighted by atomic mass is 9.94. The molecule has 1 aliphatic rings. The van der Waals surface area contributed by atoms with Crippen LogP contribution in [0, 0.1) is 0 Å². The van der Waals surface area contributed by atoms with E-state index in [9.17, 15) is 4.79 Å². The van der Waals surface area contributed by atoms with Gasteiger partial charge >= 0.3 is 5.97 Å². The molecule has 21 heavy (non-hydrogen) atoms. The fourth-order valence-electron chi connectivity index (χ4n) is 3.20. The second-order valence-corrected chi connectivity index (χ2v) is 5.71. The summed E-state index contributed by atoms with van der Waals surface area (Å²) in [5, 5.41) is 0. The summed E-state index contributed by atoms with van der Waals surface area (Å²) in [6.45, 7) is 2.47. The standard InChI is InChI=1S/C17H26N2O2/c1-21-17(20)16(14-7-3-2-4-8-14)13-19-12-6-5-9-15(19)10-11-18/h2-4,7-8,15-16H,5-6,9-13,18H2,1H3. The summed E-state index contributed by atoms with van der Waals surface area (Å²) in [5.74, 6) is -0.368. The molecule has 1 aliphatic heterocycles. The summed E-state index contributed by atoms with van der Waals surface area (Å²) in [6.07, 6.45) is 4.64. The quantitative estimate of drug-likeness (QED) is 0.816. The Kier molecular flexibility index (Phi) is 6.21. The van der Waals surface area contributed by atoms with Gasteiger partial charge in [0, 0.05) is 12.6 Å². The molecule has 0 spiro atoms. The van der Waals surface area contributed by atoms with Crippen LogP contribution < -0.4 is 5.73 Å². The zero-order valence-electron chi connectivity index (χ0n) is 12.8. The van der Waals surface area contributed by atoms with Crippen molar-refractivity contribution in [3.63, 3.8) is 0 Å². The summed E-state index contributed by atoms with van der Waals surface area (Å²) in [7, 11) is 1.46. The van der Waals surface area contributed by atoms with E-state index in [2.05, 4.69) is 4.90 Å². The molecule has 1 aromatic carbocycles. The first-order valence-corrected chi connectivity index (χ1v) is 7.83. The first kappa shape index (κ1) is 16.0. The second-order valence-electron chi connectivity index (χ2n) is 5.71. The van der Waals surface area contributed by atoms with E-state index in [1.165, 1.54) is 26.4 Å². The van der Waals surface area contributed by atoms with Crippen LogP contribution in [0.5, 0.6) is 0 Å². The molecule has 2 rings (SSSR count). The minimum Gasteiger partial charge on any atom is -0.469 e. The Morgan fingerprint density at radius 1 is 1.38 bits per heavy atom. The third-order valence-corrected chi connectivity index (χ3v) is 4.35. The van der Waals surface area contributed by atoms with Crippen LogP contribution in [0.25, 0.3) is 0 Å². The van der Waals surface area contributed by atoms with E-state index >= 15 is 0 Å². The number of rotatable bonds is 6. The molecule has 0 aliphatic carbocycles. The van der Waals surface area contributed by atoms with Crippen molar-refractivity contribution < 1.29 is 9.53 Å². The van der Waals surface area contributed by atoms with Gasteiger partial charge in [-0.2, -0.15) is 0 Å². The van der Waals surface area contributed by atoms with Gasteiger partial charge in [0.1, 0.15) is 0 Å². The third-order valence-electron chi connectivity index (χ3n) is 4.35. The number of carbonyl (C=O) groups is 1. The number of likely N-dealkylation sites (tertiary alicyclic amines) is 1. The molecule has 116 valence electrons. The molecule has 2 N–H and O–H groups in total. The maximum absolute atomic E-state index is 12.2. The predicted octanol–water partition coefficient (Wildman–Crippen LogP) is 2.15. The van der Waals surface area contributed by atoms with Gasteiger partial charge in [-0.05, 0) is 37.9 Å². The minimum absolute atomic E-state index is 0.154. The zero-order chi connectivity index (χ0) is 15.1. The monoisotopic (exact) mass is 290 g/mol. The molecule has 1 aromatic rings. The summed E-state index contributed by atoms with van der Waals surface area (Å²) < 4.78 is 5.01. The van der Waals surface area contributed by atoms with Crippen LogP contribution in [0.15, 0.2) is 30.3 Å². The van der Waals surface area contributed by atoms with Gasteiger partial charge < -0.3 is 10.5 Å². The Hall–Kier alpha value is -1.39. The number of carbonyl (C=O) groups excluding carboxylic acids is 1. The molecule has 1 fully saturated rings. The lowest BCUT2D eigenvalue weighted by Crippen LogP contribution is -2.44. The maximum Gasteiger partial charge on any atom is 0.314 e. The number of nitrogens with two attached hydrogens (primary N) is 1. The van der Waals surface area contributed by atoms with Crippen LogP contribution in [0.3, 0.4) is 0 Å². The summed E-state index contributed by atoms with van der Waals surface area (Å²) >= 11 is 0. The largest absolute Gasteiger partial charge is 0.469 e. The van der Waals surface area contributed by atoms with E-state index in [1.807, 2.05) is 30.3 Å². The molecule has 1 heterocycles. The highest BCUT2D eigenvalue weighted by atomic mass is 16.5. The fraction of sp³-hybridized carbons (Fsp3) is 0.588. The number of esters is 1. The molecular weight excluding hydrogens is 264 g/mol. The highest BCUT2D eigenvalue weighted by Crippen LogP contribution is 2.25. The number of piperidine rings is 1. The van der Waals surface area contributed by atoms with Crippen molar-refractivity contribution >= 4 is 5.97 Å². The van der Waals surface area contributed by atoms with Gasteiger partial charge in [-0.1, -0.05) is 36.8 Å². The van der Waals surface area contributed by atoms with Crippen LogP contribution in [0.2, 0.25) is 0 Å². The lowest BCUT2D eigenvalue weighted by molar-refractivity contribution is -0.143. The molecule has 0 bridgehead atoms. The first-order valence-electron chi connectivity index (χ1n) is 7.83. The Bertz CT molecular complexity index is 434. The molecule has 1 saturated heterocycles. The fourth-order valence-corrected chi connectivity index (χ4v) is 3.20. The van der Waals surface area contributed by atoms with E-state index in [0.29, 0.717) is 12.6 Å². The number of nitrogens with zero attached hydrogens (tertiary/aromatic N) is 1. The van der Waals surface area contributed by atoms with Gasteiger partial charge in [-0.15, -0.1) is 0 Å². The van der Waals surface area contributed by atoms with E-state index in [0.717, 1.165) is 25.1 Å². The highest BCUT2D eigenvalue weighted by molar-refractivity contribution is 5.78. The summed E-state index contributed by atoms with van der Waals surface area (Å²) in [5.41, 5.74) is 6.76. The van der Waals surface area contributed by atoms with E-state index in [-0.39, 0.29) is 11.9 Å². The summed E-state index contributed by atoms with van der Waals surface area (Å²) in [6, 6.07) is 10.4. The first-order chi connectivity index (χ1) is 10.3. The minimum atomic E-state index is -0.213. The van der Waals surface area contributed by atoms with Crippen molar-refractivity contribution in [2.24, 2.45) is 5.73 Å². The van der Waals surface area contributed by atoms with Gasteiger partial charge in [0.15, 0.2) is 0 Å². The van der Waals surface area contributed by atoms with Crippen LogP contribution in [-0.2, 0) is 9.53 Å². The molecule has 4 heteroatoms. The molecule has 0 saturated carbocycles. The van der Waals surface area contributed by atoms with Crippen molar-refractivity contribution in [2.75, 3.05) is 26.7 Å². The van der Waals surface area contributed by atoms with E-state index in [4.69, 9.17) is 10.5 Å². The highest BCUT2D eigenvalue weighted by Gasteiger charge is 2.29. The smallest absolute Gasteiger partial charge is 0.314 e. The SMILES string of the molecule is COC(=O)C(CN1CCCCC1CCN)c1ccccc1. The van der Waals surface area contributed by atoms with Crippen molar-refractivity contribution in [1.29, 1.82) is 0 Å². The Balaban J connectivity index is 2.12. The Labute approximate surface area is 127 Å². The van der Waals surface area contributed by atoms with Crippen molar-refractivity contribution in [1.82, 2.24) is 4.90 Å². The number of methoxy groups -OCH3 is 1. The van der Waals surface area contributed by atoms with E-state index in [1.54, 1.807) is 0 Å². The average molecular weight is 290 g/mol. The molecule has 4 nitrogen and oxygen atoms in total. The Morgan fingerprint density at radius 3 is 2.81 bits per heavy atom. The van der Waals surface area contributed by atoms with Crippen molar-refractivity contribution in [2.45, 2.75) is 37.6 Å². The number of hydrogen-bond acceptors (Lipinski definition) is 4. The lowest BCUT2D eigenvalue weighted by Gasteiger charge is -2.37. The number of ether oxygens (including phenoxy) is 1. The zero-order valence-corrected chi connectivity index (χ0v) is 12.8. The van der Waals surface area contributed by atoms with Crippen molar-refractivity contribution in [3.8, 4) is 0 Å². The average Bonchev–Trinajstić information content (AvgIpc) is 2.54. The summed E-state index contributed by atoms with van der Waals surface area (Å²) in [4.78, 5) is 14.6. The molecule has 0 aromatic heterocycles. The van der Waals surface area contributed by atoms with E-state index < -0.39 is 0 Å². The molecule has 0 radical (unpaired) electrons. The van der Waals surface area contributed by atoms with Gasteiger partial charge in [0.05, 0.1) is 13.0 Å². The van der Waals surface area contributed by atoms with Gasteiger partial charge in [-0.3, -0.25) is 9.69 Å².